The summed E-state index contributed by atoms with van der Waals surface area (Å²) in [5, 5.41) is 12.7. The Hall–Kier alpha value is -2.33. The van der Waals surface area contributed by atoms with Crippen LogP contribution in [-0.2, 0) is 6.61 Å². The third kappa shape index (κ3) is 5.70. The summed E-state index contributed by atoms with van der Waals surface area (Å²) in [5.41, 5.74) is 1.39. The fraction of sp³-hybridized carbons (Fsp3) is 0.350. The van der Waals surface area contributed by atoms with E-state index < -0.39 is 6.10 Å². The van der Waals surface area contributed by atoms with Gasteiger partial charge in [0.15, 0.2) is 0 Å². The van der Waals surface area contributed by atoms with Gasteiger partial charge in [-0.3, -0.25) is 4.79 Å². The van der Waals surface area contributed by atoms with Crippen molar-refractivity contribution in [3.05, 3.63) is 65.7 Å². The van der Waals surface area contributed by atoms with E-state index >= 15 is 0 Å². The van der Waals surface area contributed by atoms with Gasteiger partial charge in [-0.15, -0.1) is 0 Å². The first-order valence-electron chi connectivity index (χ1n) is 8.28. The molecule has 0 spiro atoms. The number of amides is 1. The van der Waals surface area contributed by atoms with E-state index in [0.717, 1.165) is 11.3 Å². The molecule has 24 heavy (non-hydrogen) atoms. The van der Waals surface area contributed by atoms with Crippen LogP contribution in [0, 0.1) is 5.92 Å². The number of nitrogens with one attached hydrogen (secondary N) is 1. The summed E-state index contributed by atoms with van der Waals surface area (Å²) in [4.78, 5) is 12.4. The van der Waals surface area contributed by atoms with Gasteiger partial charge in [0.1, 0.15) is 12.4 Å². The van der Waals surface area contributed by atoms with Gasteiger partial charge in [0.05, 0.1) is 6.10 Å². The molecular weight excluding hydrogens is 302 g/mol. The van der Waals surface area contributed by atoms with E-state index in [4.69, 9.17) is 4.74 Å². The Balaban J connectivity index is 1.96. The van der Waals surface area contributed by atoms with Gasteiger partial charge in [-0.25, -0.2) is 0 Å². The van der Waals surface area contributed by atoms with E-state index in [1.165, 1.54) is 0 Å². The highest BCUT2D eigenvalue weighted by atomic mass is 16.5. The summed E-state index contributed by atoms with van der Waals surface area (Å²) in [5.74, 6) is 0.966. The number of aliphatic hydroxyl groups is 1. The molecule has 0 fully saturated rings. The molecule has 1 unspecified atom stereocenters. The topological polar surface area (TPSA) is 58.6 Å². The number of rotatable bonds is 8. The summed E-state index contributed by atoms with van der Waals surface area (Å²) in [7, 11) is 0. The number of aliphatic hydroxyl groups excluding tert-OH is 1. The van der Waals surface area contributed by atoms with Gasteiger partial charge in [0, 0.05) is 17.7 Å². The van der Waals surface area contributed by atoms with Crippen molar-refractivity contribution in [1.29, 1.82) is 0 Å². The van der Waals surface area contributed by atoms with Crippen LogP contribution in [0.1, 0.15) is 36.2 Å². The lowest BCUT2D eigenvalue weighted by Crippen LogP contribution is -2.33. The molecular formula is C20H25NO3. The SMILES string of the molecule is CC(C)CC(O)CNC(=O)c1ccccc1COc1ccccc1. The fourth-order valence-electron chi connectivity index (χ4n) is 2.48. The van der Waals surface area contributed by atoms with E-state index in [2.05, 4.69) is 5.32 Å². The van der Waals surface area contributed by atoms with Crippen molar-refractivity contribution in [3.63, 3.8) is 0 Å². The molecule has 0 aliphatic heterocycles. The quantitative estimate of drug-likeness (QED) is 0.781. The molecule has 0 aromatic heterocycles. The molecule has 0 bridgehead atoms. The van der Waals surface area contributed by atoms with Gasteiger partial charge in [-0.2, -0.15) is 0 Å². The van der Waals surface area contributed by atoms with Crippen LogP contribution in [0.25, 0.3) is 0 Å². The fourth-order valence-corrected chi connectivity index (χ4v) is 2.48. The lowest BCUT2D eigenvalue weighted by atomic mass is 10.1. The lowest BCUT2D eigenvalue weighted by molar-refractivity contribution is 0.0898. The Morgan fingerprint density at radius 3 is 2.46 bits per heavy atom. The van der Waals surface area contributed by atoms with Crippen molar-refractivity contribution in [2.45, 2.75) is 33.0 Å². The van der Waals surface area contributed by atoms with E-state index in [1.807, 2.05) is 62.4 Å². The highest BCUT2D eigenvalue weighted by Gasteiger charge is 2.13. The number of benzene rings is 2. The number of carbonyl (C=O) groups excluding carboxylic acids is 1. The zero-order valence-corrected chi connectivity index (χ0v) is 14.2. The van der Waals surface area contributed by atoms with E-state index in [1.54, 1.807) is 6.07 Å². The monoisotopic (exact) mass is 327 g/mol. The van der Waals surface area contributed by atoms with Crippen molar-refractivity contribution < 1.29 is 14.6 Å². The van der Waals surface area contributed by atoms with Crippen LogP contribution in [-0.4, -0.2) is 23.7 Å². The minimum Gasteiger partial charge on any atom is -0.489 e. The smallest absolute Gasteiger partial charge is 0.251 e. The Morgan fingerprint density at radius 1 is 1.08 bits per heavy atom. The minimum absolute atomic E-state index is 0.190. The maximum Gasteiger partial charge on any atom is 0.251 e. The zero-order chi connectivity index (χ0) is 17.4. The zero-order valence-electron chi connectivity index (χ0n) is 14.2. The summed E-state index contributed by atoms with van der Waals surface area (Å²) >= 11 is 0. The first-order valence-corrected chi connectivity index (χ1v) is 8.28. The van der Waals surface area contributed by atoms with Gasteiger partial charge >= 0.3 is 0 Å². The Bertz CT molecular complexity index is 640. The molecule has 2 aromatic carbocycles. The largest absolute Gasteiger partial charge is 0.489 e. The van der Waals surface area contributed by atoms with Crippen molar-refractivity contribution in [1.82, 2.24) is 5.32 Å². The molecule has 0 saturated heterocycles. The molecule has 2 N–H and O–H groups in total. The maximum absolute atomic E-state index is 12.4. The van der Waals surface area contributed by atoms with Gasteiger partial charge in [-0.1, -0.05) is 50.2 Å². The summed E-state index contributed by atoms with van der Waals surface area (Å²) < 4.78 is 5.73. The third-order valence-corrected chi connectivity index (χ3v) is 3.64. The summed E-state index contributed by atoms with van der Waals surface area (Å²) in [6, 6.07) is 16.9. The Kier molecular flexibility index (Phi) is 6.82. The van der Waals surface area contributed by atoms with Crippen LogP contribution >= 0.6 is 0 Å². The van der Waals surface area contributed by atoms with E-state index in [-0.39, 0.29) is 12.5 Å². The highest BCUT2D eigenvalue weighted by Crippen LogP contribution is 2.15. The van der Waals surface area contributed by atoms with E-state index in [0.29, 0.717) is 24.5 Å². The van der Waals surface area contributed by atoms with Gasteiger partial charge in [0.2, 0.25) is 0 Å². The molecule has 0 saturated carbocycles. The van der Waals surface area contributed by atoms with Crippen LogP contribution in [0.15, 0.2) is 54.6 Å². The number of ether oxygens (including phenoxy) is 1. The molecule has 128 valence electrons. The standard InChI is InChI=1S/C20H25NO3/c1-15(2)12-17(22)13-21-20(23)19-11-7-6-8-16(19)14-24-18-9-4-3-5-10-18/h3-11,15,17,22H,12-14H2,1-2H3,(H,21,23). The average molecular weight is 327 g/mol. The number of para-hydroxylation sites is 1. The second kappa shape index (κ2) is 9.08. The third-order valence-electron chi connectivity index (χ3n) is 3.64. The number of hydrogen-bond acceptors (Lipinski definition) is 3. The molecule has 2 rings (SSSR count). The van der Waals surface area contributed by atoms with E-state index in [9.17, 15) is 9.90 Å². The first kappa shape index (κ1) is 18.0. The molecule has 1 amide bonds. The van der Waals surface area contributed by atoms with Crippen LogP contribution in [0.2, 0.25) is 0 Å². The predicted octanol–water partition coefficient (Wildman–Crippen LogP) is 3.40. The van der Waals surface area contributed by atoms with Gasteiger partial charge in [0.25, 0.3) is 5.91 Å². The average Bonchev–Trinajstić information content (AvgIpc) is 2.58. The molecule has 4 heteroatoms. The second-order valence-corrected chi connectivity index (χ2v) is 6.25. The highest BCUT2D eigenvalue weighted by molar-refractivity contribution is 5.95. The summed E-state index contributed by atoms with van der Waals surface area (Å²) in [6.07, 6.45) is 0.139. The molecule has 1 atom stereocenters. The molecule has 0 heterocycles. The van der Waals surface area contributed by atoms with Gasteiger partial charge < -0.3 is 15.2 Å². The van der Waals surface area contributed by atoms with Crippen molar-refractivity contribution in [2.24, 2.45) is 5.92 Å². The predicted molar refractivity (Wildman–Crippen MR) is 95.0 cm³/mol. The molecule has 4 nitrogen and oxygen atoms in total. The second-order valence-electron chi connectivity index (χ2n) is 6.25. The maximum atomic E-state index is 12.4. The van der Waals surface area contributed by atoms with Crippen molar-refractivity contribution in [2.75, 3.05) is 6.54 Å². The Labute approximate surface area is 143 Å². The van der Waals surface area contributed by atoms with Crippen molar-refractivity contribution in [3.8, 4) is 5.75 Å². The van der Waals surface area contributed by atoms with Crippen LogP contribution in [0.3, 0.4) is 0 Å². The van der Waals surface area contributed by atoms with Crippen LogP contribution in [0.5, 0.6) is 5.75 Å². The molecule has 2 aromatic rings. The normalized spacial score (nSPS) is 12.0. The Morgan fingerprint density at radius 2 is 1.75 bits per heavy atom. The minimum atomic E-state index is -0.526. The van der Waals surface area contributed by atoms with Crippen molar-refractivity contribution >= 4 is 5.91 Å². The first-order chi connectivity index (χ1) is 11.6. The van der Waals surface area contributed by atoms with Gasteiger partial charge in [-0.05, 0) is 30.5 Å². The molecule has 0 radical (unpaired) electrons. The number of hydrogen-bond donors (Lipinski definition) is 2. The molecule has 0 aliphatic rings. The molecule has 0 aliphatic carbocycles. The van der Waals surface area contributed by atoms with Crippen LogP contribution in [0.4, 0.5) is 0 Å². The summed E-state index contributed by atoms with van der Waals surface area (Å²) in [6.45, 7) is 4.66. The van der Waals surface area contributed by atoms with Crippen LogP contribution < -0.4 is 10.1 Å². The lowest BCUT2D eigenvalue weighted by Gasteiger charge is -2.15. The number of carbonyl (C=O) groups is 1.